The molecule has 0 atom stereocenters. The number of ether oxygens (including phenoxy) is 1. The molecule has 0 spiro atoms. The molecular weight excluding hydrogens is 480 g/mol. The van der Waals surface area contributed by atoms with Crippen molar-refractivity contribution in [1.82, 2.24) is 5.01 Å². The van der Waals surface area contributed by atoms with Crippen molar-refractivity contribution in [3.8, 4) is 5.75 Å². The van der Waals surface area contributed by atoms with E-state index in [9.17, 15) is 9.59 Å². The monoisotopic (exact) mass is 492 g/mol. The number of thioether (sulfide) groups is 1. The predicted molar refractivity (Wildman–Crippen MR) is 131 cm³/mol. The van der Waals surface area contributed by atoms with Crippen LogP contribution in [0.25, 0.3) is 6.08 Å². The number of fused-ring (bicyclic) bond motifs is 1. The standard InChI is InChI=1S/C23H13ClN4O3S2/c24-15-8-6-14(7-9-15)22(30)31-16-4-1-3-13(11-16)12-17-19(25)28-23(26-20(17)29)33-21(27-28)18-5-2-10-32-18/h1-12,25H/b17-12+,25-19?. The van der Waals surface area contributed by atoms with Crippen LogP contribution in [0.2, 0.25) is 5.02 Å². The Kier molecular flexibility index (Phi) is 5.67. The number of hydrogen-bond acceptors (Lipinski definition) is 7. The topological polar surface area (TPSA) is 95.2 Å². The molecule has 1 N–H and O–H groups in total. The molecule has 2 aliphatic heterocycles. The molecule has 5 rings (SSSR count). The fourth-order valence-electron chi connectivity index (χ4n) is 3.08. The molecule has 0 aliphatic carbocycles. The summed E-state index contributed by atoms with van der Waals surface area (Å²) >= 11 is 8.64. The molecule has 3 aromatic rings. The van der Waals surface area contributed by atoms with Gasteiger partial charge in [-0.1, -0.05) is 29.8 Å². The van der Waals surface area contributed by atoms with Crippen LogP contribution < -0.4 is 4.74 Å². The van der Waals surface area contributed by atoms with Crippen LogP contribution >= 0.6 is 34.7 Å². The van der Waals surface area contributed by atoms with E-state index in [2.05, 4.69) is 10.1 Å². The van der Waals surface area contributed by atoms with E-state index in [0.29, 0.717) is 32.1 Å². The molecule has 10 heteroatoms. The van der Waals surface area contributed by atoms with Crippen LogP contribution in [0.4, 0.5) is 0 Å². The second-order valence-electron chi connectivity index (χ2n) is 6.87. The van der Waals surface area contributed by atoms with Crippen LogP contribution in [0.15, 0.2) is 81.7 Å². The summed E-state index contributed by atoms with van der Waals surface area (Å²) in [6.45, 7) is 0. The highest BCUT2D eigenvalue weighted by Crippen LogP contribution is 2.32. The number of hydrogen-bond donors (Lipinski definition) is 1. The van der Waals surface area contributed by atoms with Crippen molar-refractivity contribution in [2.75, 3.05) is 0 Å². The second kappa shape index (κ2) is 8.78. The Morgan fingerprint density at radius 3 is 2.70 bits per heavy atom. The molecule has 0 bridgehead atoms. The molecule has 1 amide bonds. The number of nitrogens with one attached hydrogen (secondary N) is 1. The largest absolute Gasteiger partial charge is 0.423 e. The number of rotatable bonds is 4. The van der Waals surface area contributed by atoms with Gasteiger partial charge < -0.3 is 4.74 Å². The maximum absolute atomic E-state index is 12.6. The fraction of sp³-hybridized carbons (Fsp3) is 0. The van der Waals surface area contributed by atoms with E-state index in [1.165, 1.54) is 34.2 Å². The van der Waals surface area contributed by atoms with E-state index in [0.717, 1.165) is 4.88 Å². The quantitative estimate of drug-likeness (QED) is 0.303. The number of halogens is 1. The van der Waals surface area contributed by atoms with Crippen LogP contribution in [0.5, 0.6) is 5.75 Å². The lowest BCUT2D eigenvalue weighted by atomic mass is 10.1. The van der Waals surface area contributed by atoms with Gasteiger partial charge in [-0.15, -0.1) is 11.3 Å². The van der Waals surface area contributed by atoms with E-state index in [4.69, 9.17) is 21.7 Å². The van der Waals surface area contributed by atoms with Crippen LogP contribution in [-0.2, 0) is 4.79 Å². The number of esters is 1. The maximum Gasteiger partial charge on any atom is 0.343 e. The van der Waals surface area contributed by atoms with Gasteiger partial charge in [0, 0.05) is 5.02 Å². The third-order valence-corrected chi connectivity index (χ3v) is 6.85. The lowest BCUT2D eigenvalue weighted by Crippen LogP contribution is -2.35. The molecule has 0 fully saturated rings. The molecule has 0 saturated heterocycles. The predicted octanol–water partition coefficient (Wildman–Crippen LogP) is 5.29. The average molecular weight is 493 g/mol. The number of thiophene rings is 1. The number of aliphatic imine (C=N–C) groups is 1. The molecule has 0 radical (unpaired) electrons. The molecule has 2 aliphatic rings. The molecule has 33 heavy (non-hydrogen) atoms. The maximum atomic E-state index is 12.6. The number of carbonyl (C=O) groups excluding carboxylic acids is 2. The minimum absolute atomic E-state index is 0.0624. The van der Waals surface area contributed by atoms with Crippen molar-refractivity contribution in [3.05, 3.63) is 92.6 Å². The van der Waals surface area contributed by atoms with Gasteiger partial charge in [-0.25, -0.2) is 4.79 Å². The van der Waals surface area contributed by atoms with E-state index < -0.39 is 11.9 Å². The molecule has 7 nitrogen and oxygen atoms in total. The van der Waals surface area contributed by atoms with Gasteiger partial charge in [0.1, 0.15) is 10.8 Å². The van der Waals surface area contributed by atoms with Gasteiger partial charge in [0.05, 0.1) is 16.0 Å². The van der Waals surface area contributed by atoms with Gasteiger partial charge in [-0.3, -0.25) is 10.2 Å². The van der Waals surface area contributed by atoms with Crippen molar-refractivity contribution in [2.24, 2.45) is 10.1 Å². The van der Waals surface area contributed by atoms with Gasteiger partial charge in [0.2, 0.25) is 5.17 Å². The number of amides is 1. The lowest BCUT2D eigenvalue weighted by Gasteiger charge is -2.20. The number of amidine groups is 2. The minimum Gasteiger partial charge on any atom is -0.423 e. The second-order valence-corrected chi connectivity index (χ2v) is 9.21. The molecule has 0 saturated carbocycles. The van der Waals surface area contributed by atoms with Crippen LogP contribution in [0.1, 0.15) is 20.8 Å². The number of carbonyl (C=O) groups is 2. The van der Waals surface area contributed by atoms with Crippen molar-refractivity contribution in [3.63, 3.8) is 0 Å². The summed E-state index contributed by atoms with van der Waals surface area (Å²) in [5, 5.41) is 17.8. The highest BCUT2D eigenvalue weighted by Gasteiger charge is 2.36. The Bertz CT molecular complexity index is 1380. The molecule has 1 aromatic heterocycles. The Hall–Kier alpha value is -3.53. The first kappa shape index (κ1) is 21.3. The molecular formula is C23H13ClN4O3S2. The summed E-state index contributed by atoms with van der Waals surface area (Å²) < 4.78 is 5.44. The lowest BCUT2D eigenvalue weighted by molar-refractivity contribution is -0.114. The normalized spacial score (nSPS) is 16.5. The first-order valence-electron chi connectivity index (χ1n) is 9.60. The van der Waals surface area contributed by atoms with Gasteiger partial charge in [-0.05, 0) is 71.2 Å². The zero-order chi connectivity index (χ0) is 22.9. The van der Waals surface area contributed by atoms with Crippen molar-refractivity contribution < 1.29 is 14.3 Å². The first-order valence-corrected chi connectivity index (χ1v) is 11.7. The van der Waals surface area contributed by atoms with Crippen molar-refractivity contribution in [1.29, 1.82) is 5.41 Å². The highest BCUT2D eigenvalue weighted by atomic mass is 35.5. The number of nitrogens with zero attached hydrogens (tertiary/aromatic N) is 3. The summed E-state index contributed by atoms with van der Waals surface area (Å²) in [5.41, 5.74) is 1.04. The molecule has 162 valence electrons. The third-order valence-electron chi connectivity index (χ3n) is 4.65. The van der Waals surface area contributed by atoms with Gasteiger partial charge >= 0.3 is 5.97 Å². The Labute approximate surface area is 201 Å². The van der Waals surface area contributed by atoms with E-state index in [1.807, 2.05) is 17.5 Å². The Morgan fingerprint density at radius 1 is 1.12 bits per heavy atom. The fourth-order valence-corrected chi connectivity index (χ4v) is 4.89. The summed E-state index contributed by atoms with van der Waals surface area (Å²) in [7, 11) is 0. The van der Waals surface area contributed by atoms with Crippen molar-refractivity contribution >= 4 is 68.7 Å². The number of benzene rings is 2. The summed E-state index contributed by atoms with van der Waals surface area (Å²) in [6, 6.07) is 16.9. The van der Waals surface area contributed by atoms with Gasteiger partial charge in [-0.2, -0.15) is 15.1 Å². The smallest absolute Gasteiger partial charge is 0.343 e. The Balaban J connectivity index is 1.38. The molecule has 0 unspecified atom stereocenters. The number of hydrazone groups is 1. The zero-order valence-electron chi connectivity index (χ0n) is 16.7. The minimum atomic E-state index is -0.531. The molecule has 2 aromatic carbocycles. The highest BCUT2D eigenvalue weighted by molar-refractivity contribution is 8.27. The Morgan fingerprint density at radius 2 is 1.94 bits per heavy atom. The van der Waals surface area contributed by atoms with Crippen LogP contribution in [-0.4, -0.2) is 32.9 Å². The average Bonchev–Trinajstić information content (AvgIpc) is 3.47. The van der Waals surface area contributed by atoms with E-state index in [-0.39, 0.29) is 11.4 Å². The zero-order valence-corrected chi connectivity index (χ0v) is 19.1. The van der Waals surface area contributed by atoms with Gasteiger partial charge in [0.15, 0.2) is 5.84 Å². The van der Waals surface area contributed by atoms with Crippen LogP contribution in [0, 0.1) is 5.41 Å². The molecule has 3 heterocycles. The van der Waals surface area contributed by atoms with Gasteiger partial charge in [0.25, 0.3) is 5.91 Å². The SMILES string of the molecule is N=C1/C(=C\c2cccc(OC(=O)c3ccc(Cl)cc3)c2)C(=O)N=C2SC(c3cccs3)=NN12. The third kappa shape index (κ3) is 4.38. The summed E-state index contributed by atoms with van der Waals surface area (Å²) in [6.07, 6.45) is 1.54. The van der Waals surface area contributed by atoms with Crippen molar-refractivity contribution in [2.45, 2.75) is 0 Å². The van der Waals surface area contributed by atoms with E-state index >= 15 is 0 Å². The van der Waals surface area contributed by atoms with Crippen LogP contribution in [0.3, 0.4) is 0 Å². The first-order chi connectivity index (χ1) is 16.0. The summed E-state index contributed by atoms with van der Waals surface area (Å²) in [5.74, 6) is -0.813. The summed E-state index contributed by atoms with van der Waals surface area (Å²) in [4.78, 5) is 30.1. The van der Waals surface area contributed by atoms with E-state index in [1.54, 1.807) is 48.5 Å².